The molecule has 5 nitrogen and oxygen atoms in total. The van der Waals surface area contributed by atoms with Crippen molar-refractivity contribution in [3.63, 3.8) is 0 Å². The first-order valence-electron chi connectivity index (χ1n) is 5.75. The second-order valence-corrected chi connectivity index (χ2v) is 7.01. The van der Waals surface area contributed by atoms with E-state index in [0.29, 0.717) is 5.56 Å². The number of rotatable bonds is 3. The van der Waals surface area contributed by atoms with Crippen molar-refractivity contribution in [2.24, 2.45) is 0 Å². The SMILES string of the molecule is Cc1cccnc1C(=O)NS(=O)(=O)c1cccc(Cl)c1Br. The molecule has 1 heterocycles. The number of sulfonamides is 1. The summed E-state index contributed by atoms with van der Waals surface area (Å²) in [6.07, 6.45) is 1.42. The first-order chi connectivity index (χ1) is 9.83. The van der Waals surface area contributed by atoms with E-state index < -0.39 is 15.9 Å². The number of hydrogen-bond donors (Lipinski definition) is 1. The largest absolute Gasteiger partial charge is 0.283 e. The van der Waals surface area contributed by atoms with E-state index in [1.165, 1.54) is 24.4 Å². The Bertz CT molecular complexity index is 809. The van der Waals surface area contributed by atoms with Crippen molar-refractivity contribution in [3.8, 4) is 0 Å². The first-order valence-corrected chi connectivity index (χ1v) is 8.41. The maximum absolute atomic E-state index is 12.3. The van der Waals surface area contributed by atoms with Crippen LogP contribution in [0.3, 0.4) is 0 Å². The molecule has 2 rings (SSSR count). The molecule has 1 amide bonds. The predicted octanol–water partition coefficient (Wildman–Crippen LogP) is 2.92. The molecule has 8 heteroatoms. The average molecular weight is 390 g/mol. The molecule has 1 aromatic heterocycles. The zero-order chi connectivity index (χ0) is 15.6. The van der Waals surface area contributed by atoms with Gasteiger partial charge in [-0.3, -0.25) is 9.78 Å². The van der Waals surface area contributed by atoms with Gasteiger partial charge in [0.1, 0.15) is 10.6 Å². The minimum atomic E-state index is -4.05. The van der Waals surface area contributed by atoms with Crippen LogP contribution in [0, 0.1) is 6.92 Å². The van der Waals surface area contributed by atoms with E-state index in [1.54, 1.807) is 19.1 Å². The zero-order valence-corrected chi connectivity index (χ0v) is 14.0. The number of aromatic nitrogens is 1. The summed E-state index contributed by atoms with van der Waals surface area (Å²) in [6.45, 7) is 1.67. The van der Waals surface area contributed by atoms with Gasteiger partial charge in [0.2, 0.25) is 0 Å². The Balaban J connectivity index is 2.36. The summed E-state index contributed by atoms with van der Waals surface area (Å²) in [5.41, 5.74) is 0.634. The lowest BCUT2D eigenvalue weighted by atomic mass is 10.2. The van der Waals surface area contributed by atoms with Crippen LogP contribution < -0.4 is 4.72 Å². The molecule has 0 aliphatic carbocycles. The molecule has 0 aliphatic heterocycles. The van der Waals surface area contributed by atoms with Crippen LogP contribution in [0.15, 0.2) is 45.9 Å². The fourth-order valence-corrected chi connectivity index (χ4v) is 3.83. The van der Waals surface area contributed by atoms with Crippen LogP contribution in [0.4, 0.5) is 0 Å². The Kier molecular flexibility index (Phi) is 4.65. The van der Waals surface area contributed by atoms with Crippen LogP contribution in [0.1, 0.15) is 16.1 Å². The Labute approximate surface area is 135 Å². The van der Waals surface area contributed by atoms with Crippen LogP contribution >= 0.6 is 27.5 Å². The van der Waals surface area contributed by atoms with E-state index in [1.807, 2.05) is 4.72 Å². The maximum Gasteiger partial charge on any atom is 0.283 e. The van der Waals surface area contributed by atoms with Crippen molar-refractivity contribution in [2.45, 2.75) is 11.8 Å². The van der Waals surface area contributed by atoms with E-state index in [-0.39, 0.29) is 20.1 Å². The molecule has 0 aliphatic rings. The Morgan fingerprint density at radius 1 is 1.29 bits per heavy atom. The summed E-state index contributed by atoms with van der Waals surface area (Å²) < 4.78 is 26.7. The standard InChI is InChI=1S/C13H10BrClN2O3S/c1-8-4-3-7-16-12(8)13(18)17-21(19,20)10-6-2-5-9(15)11(10)14/h2-7H,1H3,(H,17,18). The number of amides is 1. The molecule has 0 saturated heterocycles. The summed E-state index contributed by atoms with van der Waals surface area (Å²) in [7, 11) is -4.05. The predicted molar refractivity (Wildman–Crippen MR) is 82.8 cm³/mol. The molecule has 2 aromatic rings. The number of nitrogens with one attached hydrogen (secondary N) is 1. The number of hydrogen-bond acceptors (Lipinski definition) is 4. The molecule has 0 saturated carbocycles. The van der Waals surface area contributed by atoms with Gasteiger partial charge >= 0.3 is 0 Å². The van der Waals surface area contributed by atoms with Gasteiger partial charge in [-0.25, -0.2) is 13.1 Å². The van der Waals surface area contributed by atoms with Gasteiger partial charge < -0.3 is 0 Å². The number of pyridine rings is 1. The molecule has 0 radical (unpaired) electrons. The lowest BCUT2D eigenvalue weighted by molar-refractivity contribution is 0.0976. The first kappa shape index (κ1) is 15.9. The second-order valence-electron chi connectivity index (χ2n) is 4.16. The van der Waals surface area contributed by atoms with Crippen LogP contribution in [0.5, 0.6) is 0 Å². The fourth-order valence-electron chi connectivity index (χ4n) is 1.64. The van der Waals surface area contributed by atoms with Gasteiger partial charge in [-0.2, -0.15) is 0 Å². The minimum absolute atomic E-state index is 0.0548. The Morgan fingerprint density at radius 2 is 2.00 bits per heavy atom. The third-order valence-corrected chi connectivity index (χ3v) is 5.69. The smallest absolute Gasteiger partial charge is 0.266 e. The minimum Gasteiger partial charge on any atom is -0.266 e. The van der Waals surface area contributed by atoms with Crippen LogP contribution in [-0.2, 0) is 10.0 Å². The van der Waals surface area contributed by atoms with Crippen molar-refractivity contribution in [1.29, 1.82) is 0 Å². The van der Waals surface area contributed by atoms with E-state index >= 15 is 0 Å². The summed E-state index contributed by atoms with van der Waals surface area (Å²) in [6, 6.07) is 7.70. The summed E-state index contributed by atoms with van der Waals surface area (Å²) in [5, 5.41) is 0.236. The number of carbonyl (C=O) groups is 1. The van der Waals surface area contributed by atoms with E-state index in [9.17, 15) is 13.2 Å². The summed E-state index contributed by atoms with van der Waals surface area (Å²) in [5.74, 6) is -0.792. The molecule has 0 atom stereocenters. The highest BCUT2D eigenvalue weighted by atomic mass is 79.9. The van der Waals surface area contributed by atoms with Gasteiger partial charge in [0.15, 0.2) is 0 Å². The quantitative estimate of drug-likeness (QED) is 0.875. The van der Waals surface area contributed by atoms with Gasteiger partial charge in [0.25, 0.3) is 15.9 Å². The maximum atomic E-state index is 12.3. The molecule has 110 valence electrons. The van der Waals surface area contributed by atoms with Gasteiger partial charge in [0, 0.05) is 6.20 Å². The van der Waals surface area contributed by atoms with Crippen molar-refractivity contribution in [1.82, 2.24) is 9.71 Å². The molecule has 0 spiro atoms. The van der Waals surface area contributed by atoms with Crippen molar-refractivity contribution in [2.75, 3.05) is 0 Å². The number of benzene rings is 1. The van der Waals surface area contributed by atoms with E-state index in [4.69, 9.17) is 11.6 Å². The van der Waals surface area contributed by atoms with Crippen molar-refractivity contribution >= 4 is 43.5 Å². The average Bonchev–Trinajstić information content (AvgIpc) is 2.41. The molecule has 0 fully saturated rings. The van der Waals surface area contributed by atoms with Crippen LogP contribution in [0.2, 0.25) is 5.02 Å². The van der Waals surface area contributed by atoms with Gasteiger partial charge in [-0.1, -0.05) is 23.7 Å². The molecular weight excluding hydrogens is 380 g/mol. The number of carbonyl (C=O) groups excluding carboxylic acids is 1. The highest BCUT2D eigenvalue weighted by molar-refractivity contribution is 9.10. The van der Waals surface area contributed by atoms with Crippen molar-refractivity contribution < 1.29 is 13.2 Å². The summed E-state index contributed by atoms with van der Waals surface area (Å²) in [4.78, 5) is 15.8. The van der Waals surface area contributed by atoms with E-state index in [0.717, 1.165) is 0 Å². The third kappa shape index (κ3) is 3.42. The summed E-state index contributed by atoms with van der Waals surface area (Å²) >= 11 is 8.96. The van der Waals surface area contributed by atoms with Gasteiger partial charge in [-0.15, -0.1) is 0 Å². The fraction of sp³-hybridized carbons (Fsp3) is 0.0769. The number of aryl methyl sites for hydroxylation is 1. The normalized spacial score (nSPS) is 11.2. The Morgan fingerprint density at radius 3 is 2.67 bits per heavy atom. The highest BCUT2D eigenvalue weighted by Gasteiger charge is 2.23. The topological polar surface area (TPSA) is 76.1 Å². The zero-order valence-electron chi connectivity index (χ0n) is 10.8. The lowest BCUT2D eigenvalue weighted by Gasteiger charge is -2.10. The molecule has 1 aromatic carbocycles. The third-order valence-electron chi connectivity index (χ3n) is 2.66. The van der Waals surface area contributed by atoms with Crippen LogP contribution in [-0.4, -0.2) is 19.3 Å². The molecule has 0 unspecified atom stereocenters. The lowest BCUT2D eigenvalue weighted by Crippen LogP contribution is -2.32. The monoisotopic (exact) mass is 388 g/mol. The molecule has 1 N–H and O–H groups in total. The molecule has 21 heavy (non-hydrogen) atoms. The number of nitrogens with zero attached hydrogens (tertiary/aromatic N) is 1. The van der Waals surface area contributed by atoms with E-state index in [2.05, 4.69) is 20.9 Å². The second kappa shape index (κ2) is 6.13. The van der Waals surface area contributed by atoms with Gasteiger partial charge in [0.05, 0.1) is 9.50 Å². The molecule has 0 bridgehead atoms. The highest BCUT2D eigenvalue weighted by Crippen LogP contribution is 2.29. The molecular formula is C13H10BrClN2O3S. The van der Waals surface area contributed by atoms with Crippen molar-refractivity contribution in [3.05, 3.63) is 57.3 Å². The van der Waals surface area contributed by atoms with Gasteiger partial charge in [-0.05, 0) is 46.6 Å². The Hall–Kier alpha value is -1.44. The number of halogens is 2. The van der Waals surface area contributed by atoms with Crippen LogP contribution in [0.25, 0.3) is 0 Å².